The van der Waals surface area contributed by atoms with E-state index in [9.17, 15) is 4.79 Å². The van der Waals surface area contributed by atoms with Gasteiger partial charge in [-0.3, -0.25) is 4.79 Å². The minimum atomic E-state index is -0.0719. The molecule has 1 amide bonds. The van der Waals surface area contributed by atoms with E-state index in [-0.39, 0.29) is 5.91 Å². The predicted octanol–water partition coefficient (Wildman–Crippen LogP) is 1.62. The number of nitrogens with zero attached hydrogens (tertiary/aromatic N) is 1. The van der Waals surface area contributed by atoms with Crippen molar-refractivity contribution in [2.24, 2.45) is 0 Å². The quantitative estimate of drug-likeness (QED) is 0.286. The summed E-state index contributed by atoms with van der Waals surface area (Å²) in [6.45, 7) is 0.615. The molecule has 4 heteroatoms. The van der Waals surface area contributed by atoms with E-state index in [2.05, 4.69) is 0 Å². The molecule has 0 heterocycles. The maximum absolute atomic E-state index is 11.0. The lowest BCUT2D eigenvalue weighted by Gasteiger charge is -2.05. The van der Waals surface area contributed by atoms with Crippen LogP contribution in [0.15, 0.2) is 12.3 Å². The molecule has 0 unspecified atom stereocenters. The summed E-state index contributed by atoms with van der Waals surface area (Å²) in [7, 11) is 3.39. The number of carbonyl (C=O) groups is 1. The van der Waals surface area contributed by atoms with Gasteiger partial charge < -0.3 is 9.64 Å². The van der Waals surface area contributed by atoms with E-state index in [1.807, 2.05) is 0 Å². The van der Waals surface area contributed by atoms with Crippen LogP contribution in [-0.4, -0.2) is 37.4 Å². The maximum atomic E-state index is 11.0. The number of alkyl halides is 1. The second kappa shape index (κ2) is 7.92. The van der Waals surface area contributed by atoms with Gasteiger partial charge in [-0.2, -0.15) is 0 Å². The summed E-state index contributed by atoms with van der Waals surface area (Å²) in [5, 5.41) is 0. The van der Waals surface area contributed by atoms with Crippen molar-refractivity contribution in [2.75, 3.05) is 26.6 Å². The van der Waals surface area contributed by atoms with Crippen LogP contribution in [0.5, 0.6) is 0 Å². The van der Waals surface area contributed by atoms with Crippen LogP contribution < -0.4 is 0 Å². The van der Waals surface area contributed by atoms with E-state index >= 15 is 0 Å². The zero-order valence-corrected chi connectivity index (χ0v) is 8.88. The molecule has 0 saturated heterocycles. The number of amides is 1. The van der Waals surface area contributed by atoms with E-state index in [1.54, 1.807) is 14.1 Å². The number of halogens is 1. The second-order valence-corrected chi connectivity index (χ2v) is 3.18. The van der Waals surface area contributed by atoms with Crippen molar-refractivity contribution in [3.8, 4) is 0 Å². The van der Waals surface area contributed by atoms with Crippen LogP contribution in [0.2, 0.25) is 0 Å². The van der Waals surface area contributed by atoms with Crippen molar-refractivity contribution in [3.05, 3.63) is 12.3 Å². The number of hydrogen-bond donors (Lipinski definition) is 0. The van der Waals surface area contributed by atoms with Crippen molar-refractivity contribution in [1.82, 2.24) is 4.90 Å². The third-order valence-corrected chi connectivity index (χ3v) is 1.66. The van der Waals surface area contributed by atoms with Gasteiger partial charge >= 0.3 is 0 Å². The highest BCUT2D eigenvalue weighted by Gasteiger charge is 1.95. The fourth-order valence-corrected chi connectivity index (χ4v) is 0.792. The molecule has 0 saturated carbocycles. The minimum absolute atomic E-state index is 0.0719. The van der Waals surface area contributed by atoms with Crippen LogP contribution in [0.3, 0.4) is 0 Å². The smallest absolute Gasteiger partial charge is 0.249 e. The molecule has 0 radical (unpaired) electrons. The number of hydrogen-bond acceptors (Lipinski definition) is 2. The highest BCUT2D eigenvalue weighted by Crippen LogP contribution is 1.93. The molecule has 0 aliphatic rings. The van der Waals surface area contributed by atoms with Gasteiger partial charge in [0.1, 0.15) is 0 Å². The number of likely N-dealkylation sites (N-methyl/N-ethyl adjacent to an activating group) is 1. The molecule has 3 nitrogen and oxygen atoms in total. The van der Waals surface area contributed by atoms with Gasteiger partial charge in [0.15, 0.2) is 0 Å². The van der Waals surface area contributed by atoms with E-state index in [4.69, 9.17) is 16.3 Å². The van der Waals surface area contributed by atoms with E-state index in [0.717, 1.165) is 12.8 Å². The zero-order valence-electron chi connectivity index (χ0n) is 8.12. The molecule has 76 valence electrons. The fourth-order valence-electron chi connectivity index (χ4n) is 0.603. The average molecular weight is 206 g/mol. The first-order valence-corrected chi connectivity index (χ1v) is 4.77. The molecule has 0 aliphatic heterocycles. The SMILES string of the molecule is CN(C)C(=O)/C=C/OCCCCCl. The first kappa shape index (κ1) is 12.3. The monoisotopic (exact) mass is 205 g/mol. The molecule has 0 spiro atoms. The Hall–Kier alpha value is -0.700. The molecule has 0 aromatic rings. The summed E-state index contributed by atoms with van der Waals surface area (Å²) in [6, 6.07) is 0. The molecule has 0 aromatic heterocycles. The Morgan fingerprint density at radius 3 is 2.69 bits per heavy atom. The highest BCUT2D eigenvalue weighted by atomic mass is 35.5. The number of ether oxygens (including phenoxy) is 1. The van der Waals surface area contributed by atoms with Crippen LogP contribution >= 0.6 is 11.6 Å². The van der Waals surface area contributed by atoms with E-state index in [0.29, 0.717) is 12.5 Å². The number of carbonyl (C=O) groups excluding carboxylic acids is 1. The minimum Gasteiger partial charge on any atom is -0.501 e. The van der Waals surface area contributed by atoms with Crippen molar-refractivity contribution < 1.29 is 9.53 Å². The summed E-state index contributed by atoms with van der Waals surface area (Å²) < 4.78 is 5.07. The first-order chi connectivity index (χ1) is 6.18. The fraction of sp³-hybridized carbons (Fsp3) is 0.667. The molecular weight excluding hydrogens is 190 g/mol. The van der Waals surface area contributed by atoms with Gasteiger partial charge in [0, 0.05) is 26.1 Å². The van der Waals surface area contributed by atoms with Gasteiger partial charge in [0.2, 0.25) is 5.91 Å². The summed E-state index contributed by atoms with van der Waals surface area (Å²) in [5.41, 5.74) is 0. The van der Waals surface area contributed by atoms with Crippen LogP contribution in [0.4, 0.5) is 0 Å². The Bertz CT molecular complexity index is 169. The third kappa shape index (κ3) is 7.65. The Kier molecular flexibility index (Phi) is 7.50. The Morgan fingerprint density at radius 1 is 1.46 bits per heavy atom. The molecule has 0 N–H and O–H groups in total. The largest absolute Gasteiger partial charge is 0.501 e. The summed E-state index contributed by atoms with van der Waals surface area (Å²) >= 11 is 5.47. The van der Waals surface area contributed by atoms with Gasteiger partial charge in [-0.1, -0.05) is 0 Å². The number of unbranched alkanes of at least 4 members (excludes halogenated alkanes) is 1. The summed E-state index contributed by atoms with van der Waals surface area (Å²) in [6.07, 6.45) is 4.69. The molecular formula is C9H16ClNO2. The number of rotatable bonds is 6. The maximum Gasteiger partial charge on any atom is 0.249 e. The Balaban J connectivity index is 3.36. The molecule has 0 aromatic carbocycles. The molecule has 0 bridgehead atoms. The second-order valence-electron chi connectivity index (χ2n) is 2.80. The van der Waals surface area contributed by atoms with Gasteiger partial charge in [0.25, 0.3) is 0 Å². The highest BCUT2D eigenvalue weighted by molar-refractivity contribution is 6.17. The topological polar surface area (TPSA) is 29.5 Å². The van der Waals surface area contributed by atoms with Crippen LogP contribution in [0, 0.1) is 0 Å². The molecule has 0 fully saturated rings. The van der Waals surface area contributed by atoms with Crippen molar-refractivity contribution >= 4 is 17.5 Å². The predicted molar refractivity (Wildman–Crippen MR) is 53.7 cm³/mol. The lowest BCUT2D eigenvalue weighted by atomic mass is 10.4. The Morgan fingerprint density at radius 2 is 2.15 bits per heavy atom. The summed E-state index contributed by atoms with van der Waals surface area (Å²) in [5.74, 6) is 0.585. The lowest BCUT2D eigenvalue weighted by Crippen LogP contribution is -2.18. The van der Waals surface area contributed by atoms with Crippen LogP contribution in [-0.2, 0) is 9.53 Å². The van der Waals surface area contributed by atoms with Crippen molar-refractivity contribution in [3.63, 3.8) is 0 Å². The standard InChI is InChI=1S/C9H16ClNO2/c1-11(2)9(12)5-8-13-7-4-3-6-10/h5,8H,3-4,6-7H2,1-2H3/b8-5+. The molecule has 13 heavy (non-hydrogen) atoms. The van der Waals surface area contributed by atoms with Gasteiger partial charge in [-0.25, -0.2) is 0 Å². The molecule has 0 rings (SSSR count). The van der Waals surface area contributed by atoms with Crippen LogP contribution in [0.25, 0.3) is 0 Å². The van der Waals surface area contributed by atoms with Gasteiger partial charge in [-0.05, 0) is 12.8 Å². The average Bonchev–Trinajstić information content (AvgIpc) is 2.10. The summed E-state index contributed by atoms with van der Waals surface area (Å²) in [4.78, 5) is 12.5. The van der Waals surface area contributed by atoms with E-state index in [1.165, 1.54) is 17.2 Å². The first-order valence-electron chi connectivity index (χ1n) is 4.24. The van der Waals surface area contributed by atoms with Gasteiger partial charge in [-0.15, -0.1) is 11.6 Å². The molecule has 0 aliphatic carbocycles. The molecule has 0 atom stereocenters. The van der Waals surface area contributed by atoms with Gasteiger partial charge in [0.05, 0.1) is 12.9 Å². The van der Waals surface area contributed by atoms with Crippen molar-refractivity contribution in [2.45, 2.75) is 12.8 Å². The zero-order chi connectivity index (χ0) is 10.1. The normalized spacial score (nSPS) is 10.4. The lowest BCUT2D eigenvalue weighted by molar-refractivity contribution is -0.123. The van der Waals surface area contributed by atoms with Crippen molar-refractivity contribution in [1.29, 1.82) is 0 Å². The Labute approximate surface area is 84.3 Å². The van der Waals surface area contributed by atoms with Crippen LogP contribution in [0.1, 0.15) is 12.8 Å². The van der Waals surface area contributed by atoms with E-state index < -0.39 is 0 Å². The third-order valence-electron chi connectivity index (χ3n) is 1.39.